The number of aliphatic imine (C=N–C) groups is 1. The van der Waals surface area contributed by atoms with Gasteiger partial charge in [0, 0.05) is 18.8 Å². The minimum Gasteiger partial charge on any atom is -0.357 e. The van der Waals surface area contributed by atoms with E-state index < -0.39 is 0 Å². The summed E-state index contributed by atoms with van der Waals surface area (Å²) in [6.45, 7) is 4.49. The van der Waals surface area contributed by atoms with E-state index in [1.807, 2.05) is 23.9 Å². The van der Waals surface area contributed by atoms with Gasteiger partial charge in [0.05, 0.1) is 12.2 Å². The number of benzene rings is 1. The molecule has 118 valence electrons. The summed E-state index contributed by atoms with van der Waals surface area (Å²) < 4.78 is 1.74. The standard InChI is InChI=1S/C15H22N6S/c1-3-17-15(18-8-9-22-2)19-10-13-4-6-14(7-5-13)21-12-16-11-20-21/h4-7,11-12H,3,8-10H2,1-2H3,(H2,17,18,19). The number of aromatic nitrogens is 3. The van der Waals surface area contributed by atoms with Crippen LogP contribution in [-0.4, -0.2) is 45.8 Å². The topological polar surface area (TPSA) is 67.1 Å². The molecule has 6 nitrogen and oxygen atoms in total. The van der Waals surface area contributed by atoms with E-state index in [4.69, 9.17) is 0 Å². The van der Waals surface area contributed by atoms with Gasteiger partial charge < -0.3 is 10.6 Å². The Hall–Kier alpha value is -2.02. The van der Waals surface area contributed by atoms with Crippen LogP contribution in [0.25, 0.3) is 5.69 Å². The highest BCUT2D eigenvalue weighted by Gasteiger charge is 1.99. The first-order valence-corrected chi connectivity index (χ1v) is 8.68. The fraction of sp³-hybridized carbons (Fsp3) is 0.400. The minimum atomic E-state index is 0.645. The number of hydrogen-bond donors (Lipinski definition) is 2. The second kappa shape index (κ2) is 9.09. The molecule has 2 aromatic rings. The number of rotatable bonds is 7. The molecule has 0 aliphatic heterocycles. The van der Waals surface area contributed by atoms with Gasteiger partial charge in [-0.05, 0) is 30.9 Å². The fourth-order valence-electron chi connectivity index (χ4n) is 1.88. The maximum absolute atomic E-state index is 4.60. The first-order chi connectivity index (χ1) is 10.8. The number of thioether (sulfide) groups is 1. The zero-order valence-corrected chi connectivity index (χ0v) is 13.8. The summed E-state index contributed by atoms with van der Waals surface area (Å²) in [5.74, 6) is 1.92. The van der Waals surface area contributed by atoms with E-state index in [9.17, 15) is 0 Å². The average molecular weight is 318 g/mol. The van der Waals surface area contributed by atoms with Gasteiger partial charge in [0.2, 0.25) is 0 Å². The number of nitrogens with one attached hydrogen (secondary N) is 2. The van der Waals surface area contributed by atoms with Crippen LogP contribution in [0.5, 0.6) is 0 Å². The van der Waals surface area contributed by atoms with Crippen molar-refractivity contribution in [2.24, 2.45) is 4.99 Å². The van der Waals surface area contributed by atoms with E-state index in [0.29, 0.717) is 6.54 Å². The predicted molar refractivity (Wildman–Crippen MR) is 92.6 cm³/mol. The highest BCUT2D eigenvalue weighted by Crippen LogP contribution is 2.08. The molecule has 1 aromatic heterocycles. The third-order valence-corrected chi connectivity index (χ3v) is 3.59. The highest BCUT2D eigenvalue weighted by atomic mass is 32.2. The molecule has 0 fully saturated rings. The fourth-order valence-corrected chi connectivity index (χ4v) is 2.19. The van der Waals surface area contributed by atoms with E-state index in [-0.39, 0.29) is 0 Å². The lowest BCUT2D eigenvalue weighted by Gasteiger charge is -2.10. The Morgan fingerprint density at radius 2 is 2.09 bits per heavy atom. The summed E-state index contributed by atoms with van der Waals surface area (Å²) in [7, 11) is 0. The van der Waals surface area contributed by atoms with Crippen molar-refractivity contribution in [2.75, 3.05) is 25.1 Å². The van der Waals surface area contributed by atoms with Crippen LogP contribution < -0.4 is 10.6 Å². The molecule has 2 rings (SSSR count). The molecule has 0 aliphatic rings. The molecule has 2 N–H and O–H groups in total. The van der Waals surface area contributed by atoms with Gasteiger partial charge in [-0.25, -0.2) is 14.7 Å². The molecular weight excluding hydrogens is 296 g/mol. The Kier molecular flexibility index (Phi) is 6.76. The normalized spacial score (nSPS) is 11.5. The van der Waals surface area contributed by atoms with Crippen LogP contribution >= 0.6 is 11.8 Å². The molecule has 0 amide bonds. The summed E-state index contributed by atoms with van der Waals surface area (Å²) in [5, 5.41) is 10.7. The predicted octanol–water partition coefficient (Wildman–Crippen LogP) is 1.69. The number of guanidine groups is 1. The van der Waals surface area contributed by atoms with Crippen molar-refractivity contribution >= 4 is 17.7 Å². The van der Waals surface area contributed by atoms with Crippen molar-refractivity contribution in [3.8, 4) is 5.69 Å². The van der Waals surface area contributed by atoms with E-state index in [1.165, 1.54) is 6.33 Å². The molecule has 0 atom stereocenters. The number of hydrogen-bond acceptors (Lipinski definition) is 4. The van der Waals surface area contributed by atoms with Crippen LogP contribution in [0.1, 0.15) is 12.5 Å². The van der Waals surface area contributed by atoms with Gasteiger partial charge >= 0.3 is 0 Å². The molecule has 0 unspecified atom stereocenters. The van der Waals surface area contributed by atoms with Crippen molar-refractivity contribution < 1.29 is 0 Å². The third-order valence-electron chi connectivity index (χ3n) is 2.98. The van der Waals surface area contributed by atoms with E-state index in [0.717, 1.165) is 36.1 Å². The van der Waals surface area contributed by atoms with Crippen molar-refractivity contribution in [2.45, 2.75) is 13.5 Å². The quantitative estimate of drug-likeness (QED) is 0.462. The Bertz CT molecular complexity index is 564. The average Bonchev–Trinajstić information content (AvgIpc) is 3.08. The largest absolute Gasteiger partial charge is 0.357 e. The molecular formula is C15H22N6S. The molecule has 1 heterocycles. The van der Waals surface area contributed by atoms with Crippen LogP contribution in [0.15, 0.2) is 41.9 Å². The zero-order chi connectivity index (χ0) is 15.6. The van der Waals surface area contributed by atoms with Crippen molar-refractivity contribution in [1.29, 1.82) is 0 Å². The smallest absolute Gasteiger partial charge is 0.191 e. The van der Waals surface area contributed by atoms with E-state index >= 15 is 0 Å². The van der Waals surface area contributed by atoms with Gasteiger partial charge in [-0.1, -0.05) is 12.1 Å². The molecule has 0 bridgehead atoms. The van der Waals surface area contributed by atoms with Crippen LogP contribution in [0.4, 0.5) is 0 Å². The van der Waals surface area contributed by atoms with Crippen LogP contribution in [0, 0.1) is 0 Å². The third kappa shape index (κ3) is 5.07. The Morgan fingerprint density at radius 1 is 1.27 bits per heavy atom. The molecule has 0 aliphatic carbocycles. The first-order valence-electron chi connectivity index (χ1n) is 7.28. The molecule has 1 aromatic carbocycles. The first kappa shape index (κ1) is 16.4. The van der Waals surface area contributed by atoms with Crippen LogP contribution in [0.2, 0.25) is 0 Å². The molecule has 0 saturated heterocycles. The van der Waals surface area contributed by atoms with Crippen molar-refractivity contribution in [3.63, 3.8) is 0 Å². The van der Waals surface area contributed by atoms with Gasteiger partial charge in [0.25, 0.3) is 0 Å². The number of nitrogens with zero attached hydrogens (tertiary/aromatic N) is 4. The summed E-state index contributed by atoms with van der Waals surface area (Å²) in [6, 6.07) is 8.17. The molecule has 0 spiro atoms. The van der Waals surface area contributed by atoms with Gasteiger partial charge in [-0.15, -0.1) is 0 Å². The summed E-state index contributed by atoms with van der Waals surface area (Å²) in [6.07, 6.45) is 5.32. The Labute approximate surface area is 135 Å². The maximum Gasteiger partial charge on any atom is 0.191 e. The lowest BCUT2D eigenvalue weighted by molar-refractivity contribution is 0.842. The molecule has 7 heteroatoms. The Morgan fingerprint density at radius 3 is 2.73 bits per heavy atom. The van der Waals surface area contributed by atoms with Crippen LogP contribution in [0.3, 0.4) is 0 Å². The zero-order valence-electron chi connectivity index (χ0n) is 13.0. The van der Waals surface area contributed by atoms with Crippen molar-refractivity contribution in [1.82, 2.24) is 25.4 Å². The van der Waals surface area contributed by atoms with Gasteiger partial charge in [-0.3, -0.25) is 0 Å². The molecule has 22 heavy (non-hydrogen) atoms. The second-order valence-corrected chi connectivity index (χ2v) is 5.61. The lowest BCUT2D eigenvalue weighted by atomic mass is 10.2. The SMILES string of the molecule is CCNC(=NCc1ccc(-n2cncn2)cc1)NCCSC. The molecule has 0 saturated carbocycles. The monoisotopic (exact) mass is 318 g/mol. The second-order valence-electron chi connectivity index (χ2n) is 4.62. The van der Waals surface area contributed by atoms with Crippen LogP contribution in [-0.2, 0) is 6.54 Å². The maximum atomic E-state index is 4.60. The molecule has 0 radical (unpaired) electrons. The summed E-state index contributed by atoms with van der Waals surface area (Å²) in [5.41, 5.74) is 2.15. The lowest BCUT2D eigenvalue weighted by Crippen LogP contribution is -2.38. The summed E-state index contributed by atoms with van der Waals surface area (Å²) in [4.78, 5) is 8.55. The minimum absolute atomic E-state index is 0.645. The summed E-state index contributed by atoms with van der Waals surface area (Å²) >= 11 is 1.82. The van der Waals surface area contributed by atoms with Crippen molar-refractivity contribution in [3.05, 3.63) is 42.5 Å². The Balaban J connectivity index is 1.94. The van der Waals surface area contributed by atoms with E-state index in [2.05, 4.69) is 51.0 Å². The van der Waals surface area contributed by atoms with Gasteiger partial charge in [-0.2, -0.15) is 16.9 Å². The van der Waals surface area contributed by atoms with E-state index in [1.54, 1.807) is 11.0 Å². The highest BCUT2D eigenvalue weighted by molar-refractivity contribution is 7.98. The van der Waals surface area contributed by atoms with Gasteiger partial charge in [0.1, 0.15) is 12.7 Å². The van der Waals surface area contributed by atoms with Gasteiger partial charge in [0.15, 0.2) is 5.96 Å².